The second-order valence-electron chi connectivity index (χ2n) is 5.34. The molecule has 8 heteroatoms. The molecule has 1 aliphatic heterocycles. The zero-order chi connectivity index (χ0) is 18.1. The summed E-state index contributed by atoms with van der Waals surface area (Å²) in [5, 5.41) is 3.01. The largest absolute Gasteiger partial charge is 0.482 e. The highest BCUT2D eigenvalue weighted by atomic mass is 79.9. The molecule has 0 bridgehead atoms. The minimum absolute atomic E-state index is 0.250. The van der Waals surface area contributed by atoms with E-state index in [0.717, 1.165) is 9.37 Å². The van der Waals surface area contributed by atoms with Crippen LogP contribution < -0.4 is 10.1 Å². The lowest BCUT2D eigenvalue weighted by Gasteiger charge is -2.09. The van der Waals surface area contributed by atoms with Gasteiger partial charge in [-0.15, -0.1) is 0 Å². The lowest BCUT2D eigenvalue weighted by atomic mass is 10.1. The maximum Gasteiger partial charge on any atom is 0.262 e. The first-order valence-electron chi connectivity index (χ1n) is 7.21. The van der Waals surface area contributed by atoms with Crippen molar-refractivity contribution in [3.8, 4) is 5.75 Å². The number of fused-ring (bicyclic) bond motifs is 1. The summed E-state index contributed by atoms with van der Waals surface area (Å²) in [4.78, 5) is 36.9. The number of benzene rings is 2. The molecule has 0 radical (unpaired) electrons. The number of ether oxygens (including phenoxy) is 1. The van der Waals surface area contributed by atoms with Crippen LogP contribution in [0.5, 0.6) is 5.75 Å². The Morgan fingerprint density at radius 3 is 2.64 bits per heavy atom. The predicted octanol–water partition coefficient (Wildman–Crippen LogP) is 3.35. The van der Waals surface area contributed by atoms with Crippen LogP contribution in [0.2, 0.25) is 5.02 Å². The monoisotopic (exact) mass is 422 g/mol. The van der Waals surface area contributed by atoms with E-state index >= 15 is 0 Å². The van der Waals surface area contributed by atoms with E-state index in [9.17, 15) is 14.4 Å². The number of halogens is 2. The highest BCUT2D eigenvalue weighted by Gasteiger charge is 2.32. The number of nitrogens with zero attached hydrogens (tertiary/aromatic N) is 1. The normalized spacial score (nSPS) is 13.0. The van der Waals surface area contributed by atoms with Crippen LogP contribution in [0.4, 0.5) is 5.69 Å². The number of hydrogen-bond acceptors (Lipinski definition) is 4. The van der Waals surface area contributed by atoms with Crippen LogP contribution in [0.3, 0.4) is 0 Å². The minimum Gasteiger partial charge on any atom is -0.482 e. The van der Waals surface area contributed by atoms with Crippen LogP contribution in [0.1, 0.15) is 20.7 Å². The van der Waals surface area contributed by atoms with Crippen molar-refractivity contribution in [1.82, 2.24) is 4.90 Å². The molecule has 1 aliphatic rings. The molecular formula is C17H12BrClN2O4. The summed E-state index contributed by atoms with van der Waals surface area (Å²) in [6.07, 6.45) is 0. The van der Waals surface area contributed by atoms with Crippen molar-refractivity contribution in [3.63, 3.8) is 0 Å². The highest BCUT2D eigenvalue weighted by molar-refractivity contribution is 9.10. The number of carbonyl (C=O) groups excluding carboxylic acids is 3. The van der Waals surface area contributed by atoms with E-state index in [2.05, 4.69) is 21.2 Å². The van der Waals surface area contributed by atoms with Crippen LogP contribution in [0.15, 0.2) is 40.9 Å². The van der Waals surface area contributed by atoms with Gasteiger partial charge in [0.15, 0.2) is 6.61 Å². The van der Waals surface area contributed by atoms with Gasteiger partial charge in [-0.25, -0.2) is 0 Å². The summed E-state index contributed by atoms with van der Waals surface area (Å²) < 4.78 is 6.17. The molecule has 2 aromatic rings. The fourth-order valence-electron chi connectivity index (χ4n) is 2.37. The van der Waals surface area contributed by atoms with Crippen molar-refractivity contribution in [3.05, 3.63) is 57.0 Å². The van der Waals surface area contributed by atoms with E-state index in [1.165, 1.54) is 19.2 Å². The van der Waals surface area contributed by atoms with E-state index in [1.54, 1.807) is 24.3 Å². The molecule has 3 amide bonds. The Morgan fingerprint density at radius 2 is 1.88 bits per heavy atom. The highest BCUT2D eigenvalue weighted by Crippen LogP contribution is 2.28. The van der Waals surface area contributed by atoms with E-state index in [4.69, 9.17) is 16.3 Å². The molecule has 0 spiro atoms. The maximum atomic E-state index is 12.0. The summed E-state index contributed by atoms with van der Waals surface area (Å²) >= 11 is 9.29. The number of nitrogens with one attached hydrogen (secondary N) is 1. The number of hydrogen-bond donors (Lipinski definition) is 1. The van der Waals surface area contributed by atoms with E-state index in [0.29, 0.717) is 22.0 Å². The lowest BCUT2D eigenvalue weighted by Crippen LogP contribution is -2.24. The van der Waals surface area contributed by atoms with Crippen LogP contribution in [-0.2, 0) is 4.79 Å². The van der Waals surface area contributed by atoms with E-state index < -0.39 is 11.8 Å². The van der Waals surface area contributed by atoms with Crippen molar-refractivity contribution >= 4 is 50.9 Å². The summed E-state index contributed by atoms with van der Waals surface area (Å²) in [7, 11) is 1.42. The average Bonchev–Trinajstić information content (AvgIpc) is 2.80. The summed E-state index contributed by atoms with van der Waals surface area (Å²) in [6.45, 7) is -0.250. The van der Waals surface area contributed by atoms with Crippen LogP contribution in [-0.4, -0.2) is 36.3 Å². The molecule has 128 valence electrons. The Balaban J connectivity index is 1.67. The molecule has 0 unspecified atom stereocenters. The van der Waals surface area contributed by atoms with Gasteiger partial charge in [-0.2, -0.15) is 0 Å². The second kappa shape index (κ2) is 6.85. The van der Waals surface area contributed by atoms with Crippen molar-refractivity contribution in [1.29, 1.82) is 0 Å². The third-order valence-electron chi connectivity index (χ3n) is 3.63. The zero-order valence-electron chi connectivity index (χ0n) is 13.0. The molecule has 0 saturated carbocycles. The van der Waals surface area contributed by atoms with Crippen LogP contribution in [0, 0.1) is 0 Å². The Hall–Kier alpha value is -2.38. The van der Waals surface area contributed by atoms with Crippen molar-refractivity contribution in [2.24, 2.45) is 0 Å². The van der Waals surface area contributed by atoms with Crippen molar-refractivity contribution in [2.45, 2.75) is 0 Å². The first-order chi connectivity index (χ1) is 11.9. The number of anilines is 1. The Morgan fingerprint density at radius 1 is 1.16 bits per heavy atom. The van der Waals surface area contributed by atoms with E-state index in [-0.39, 0.29) is 18.1 Å². The van der Waals surface area contributed by atoms with Gasteiger partial charge < -0.3 is 10.1 Å². The lowest BCUT2D eigenvalue weighted by molar-refractivity contribution is -0.118. The number of imide groups is 1. The van der Waals surface area contributed by atoms with Crippen molar-refractivity contribution < 1.29 is 19.1 Å². The second-order valence-corrected chi connectivity index (χ2v) is 6.66. The first-order valence-corrected chi connectivity index (χ1v) is 8.38. The molecule has 0 aliphatic carbocycles. The molecule has 0 saturated heterocycles. The Labute approximate surface area is 156 Å². The van der Waals surface area contributed by atoms with Crippen LogP contribution in [0.25, 0.3) is 0 Å². The standard InChI is InChI=1S/C17H12BrClN2O4/c1-21-16(23)11-4-3-10(7-12(11)17(21)24)20-15(22)8-25-14-6-9(18)2-5-13(14)19/h2-7H,8H2,1H3,(H,20,22). The van der Waals surface area contributed by atoms with Crippen LogP contribution >= 0.6 is 27.5 Å². The Bertz CT molecular complexity index is 900. The summed E-state index contributed by atoms with van der Waals surface area (Å²) in [5.41, 5.74) is 0.994. The number of carbonyl (C=O) groups is 3. The fourth-order valence-corrected chi connectivity index (χ4v) is 2.88. The molecule has 0 aromatic heterocycles. The molecule has 0 atom stereocenters. The average molecular weight is 424 g/mol. The summed E-state index contributed by atoms with van der Waals surface area (Å²) in [5.74, 6) is -0.789. The zero-order valence-corrected chi connectivity index (χ0v) is 15.3. The molecular weight excluding hydrogens is 412 g/mol. The van der Waals surface area contributed by atoms with Gasteiger partial charge in [0.25, 0.3) is 17.7 Å². The molecule has 3 rings (SSSR count). The fraction of sp³-hybridized carbons (Fsp3) is 0.118. The number of rotatable bonds is 4. The molecule has 0 fully saturated rings. The van der Waals surface area contributed by atoms with Gasteiger partial charge in [-0.3, -0.25) is 19.3 Å². The third-order valence-corrected chi connectivity index (χ3v) is 4.43. The van der Waals surface area contributed by atoms with Gasteiger partial charge in [-0.05, 0) is 36.4 Å². The SMILES string of the molecule is CN1C(=O)c2ccc(NC(=O)COc3cc(Br)ccc3Cl)cc2C1=O. The van der Waals surface area contributed by atoms with Crippen molar-refractivity contribution in [2.75, 3.05) is 19.0 Å². The quantitative estimate of drug-likeness (QED) is 0.765. The molecule has 2 aromatic carbocycles. The Kier molecular flexibility index (Phi) is 4.78. The number of amides is 3. The predicted molar refractivity (Wildman–Crippen MR) is 96.1 cm³/mol. The van der Waals surface area contributed by atoms with Gasteiger partial charge in [-0.1, -0.05) is 27.5 Å². The molecule has 25 heavy (non-hydrogen) atoms. The van der Waals surface area contributed by atoms with E-state index in [1.807, 2.05) is 0 Å². The van der Waals surface area contributed by atoms with Gasteiger partial charge in [0, 0.05) is 17.2 Å². The smallest absolute Gasteiger partial charge is 0.262 e. The molecule has 1 N–H and O–H groups in total. The molecule has 1 heterocycles. The topological polar surface area (TPSA) is 75.7 Å². The maximum absolute atomic E-state index is 12.0. The summed E-state index contributed by atoms with van der Waals surface area (Å²) in [6, 6.07) is 9.62. The molecule has 6 nitrogen and oxygen atoms in total. The third kappa shape index (κ3) is 3.52. The van der Waals surface area contributed by atoms with Gasteiger partial charge >= 0.3 is 0 Å². The van der Waals surface area contributed by atoms with Gasteiger partial charge in [0.1, 0.15) is 5.75 Å². The first kappa shape index (κ1) is 17.4. The van der Waals surface area contributed by atoms with Gasteiger partial charge in [0.2, 0.25) is 0 Å². The minimum atomic E-state index is -0.416. The van der Waals surface area contributed by atoms with Gasteiger partial charge in [0.05, 0.1) is 16.1 Å².